The molecule has 0 saturated heterocycles. The van der Waals surface area contributed by atoms with Gasteiger partial charge in [-0.1, -0.05) is 31.2 Å². The lowest BCUT2D eigenvalue weighted by atomic mass is 9.74. The van der Waals surface area contributed by atoms with E-state index in [0.717, 1.165) is 33.4 Å². The minimum Gasteiger partial charge on any atom is -0.508 e. The van der Waals surface area contributed by atoms with Gasteiger partial charge in [0.05, 0.1) is 17.1 Å². The third kappa shape index (κ3) is 3.80. The van der Waals surface area contributed by atoms with Gasteiger partial charge in [-0.2, -0.15) is 0 Å². The topological polar surface area (TPSA) is 92.8 Å². The second kappa shape index (κ2) is 8.43. The first-order valence-corrected chi connectivity index (χ1v) is 11.2. The van der Waals surface area contributed by atoms with Crippen molar-refractivity contribution in [2.24, 2.45) is 0 Å². The van der Waals surface area contributed by atoms with Gasteiger partial charge in [0, 0.05) is 23.0 Å². The van der Waals surface area contributed by atoms with Crippen molar-refractivity contribution in [3.05, 3.63) is 91.0 Å². The van der Waals surface area contributed by atoms with Crippen LogP contribution in [0.3, 0.4) is 0 Å². The van der Waals surface area contributed by atoms with E-state index in [9.17, 15) is 20.3 Å². The maximum Gasteiger partial charge on any atom is 0.279 e. The Bertz CT molecular complexity index is 1240. The molecule has 6 nitrogen and oxygen atoms in total. The van der Waals surface area contributed by atoms with Gasteiger partial charge in [-0.15, -0.1) is 0 Å². The quantitative estimate of drug-likeness (QED) is 0.372. The molecule has 3 aromatic rings. The van der Waals surface area contributed by atoms with E-state index >= 15 is 0 Å². The summed E-state index contributed by atoms with van der Waals surface area (Å²) in [5.74, 6) is 0.893. The number of phenolic OH excluding ortho intramolecular Hbond substituents is 2. The fraction of sp³-hybridized carbons (Fsp3) is 0.333. The molecule has 1 heterocycles. The number of benzene rings is 3. The second-order valence-electron chi connectivity index (χ2n) is 8.98. The van der Waals surface area contributed by atoms with Crippen LogP contribution >= 0.6 is 0 Å². The molecule has 0 bridgehead atoms. The predicted molar refractivity (Wildman–Crippen MR) is 128 cm³/mol. The number of hydrogen-bond acceptors (Lipinski definition) is 5. The highest BCUT2D eigenvalue weighted by atomic mass is 16.6. The highest BCUT2D eigenvalue weighted by Gasteiger charge is 2.37. The normalized spacial score (nSPS) is 17.4. The monoisotopic (exact) mass is 447 g/mol. The van der Waals surface area contributed by atoms with Crippen molar-refractivity contribution >= 4 is 5.69 Å². The van der Waals surface area contributed by atoms with Gasteiger partial charge in [0.1, 0.15) is 17.2 Å². The molecule has 2 unspecified atom stereocenters. The Hall–Kier alpha value is -3.54. The summed E-state index contributed by atoms with van der Waals surface area (Å²) in [6, 6.07) is 11.5. The van der Waals surface area contributed by atoms with Gasteiger partial charge in [-0.05, 0) is 74.1 Å². The summed E-state index contributed by atoms with van der Waals surface area (Å²) in [5.41, 5.74) is 6.68. The average molecular weight is 448 g/mol. The number of fused-ring (bicyclic) bond motifs is 1. The van der Waals surface area contributed by atoms with Gasteiger partial charge in [0.15, 0.2) is 0 Å². The number of nitro benzene ring substituents is 1. The van der Waals surface area contributed by atoms with E-state index in [1.165, 1.54) is 0 Å². The van der Waals surface area contributed by atoms with Crippen molar-refractivity contribution in [1.82, 2.24) is 0 Å². The number of aryl methyl sites for hydroxylation is 4. The Morgan fingerprint density at radius 2 is 1.64 bits per heavy atom. The molecule has 1 aliphatic rings. The van der Waals surface area contributed by atoms with E-state index < -0.39 is 0 Å². The molecule has 3 aromatic carbocycles. The van der Waals surface area contributed by atoms with Crippen LogP contribution in [0.5, 0.6) is 17.2 Å². The Morgan fingerprint density at radius 1 is 1.00 bits per heavy atom. The van der Waals surface area contributed by atoms with Gasteiger partial charge in [0.25, 0.3) is 5.69 Å². The molecule has 0 amide bonds. The molecule has 0 spiro atoms. The van der Waals surface area contributed by atoms with Crippen LogP contribution in [0.15, 0.2) is 36.4 Å². The first-order valence-electron chi connectivity index (χ1n) is 11.2. The lowest BCUT2D eigenvalue weighted by molar-refractivity contribution is -0.386. The van der Waals surface area contributed by atoms with Crippen LogP contribution in [0.1, 0.15) is 63.3 Å². The van der Waals surface area contributed by atoms with Crippen LogP contribution in [0, 0.1) is 37.8 Å². The molecule has 0 radical (unpaired) electrons. The fourth-order valence-electron chi connectivity index (χ4n) is 5.09. The number of rotatable bonds is 4. The van der Waals surface area contributed by atoms with Gasteiger partial charge in [0.2, 0.25) is 0 Å². The number of hydrogen-bond donors (Lipinski definition) is 2. The number of aromatic hydroxyl groups is 2. The summed E-state index contributed by atoms with van der Waals surface area (Å²) in [6.45, 7) is 9.65. The summed E-state index contributed by atoms with van der Waals surface area (Å²) in [6.07, 6.45) is 0.536. The van der Waals surface area contributed by atoms with E-state index in [0.29, 0.717) is 29.9 Å². The van der Waals surface area contributed by atoms with E-state index in [-0.39, 0.29) is 33.9 Å². The van der Waals surface area contributed by atoms with Crippen LogP contribution < -0.4 is 4.74 Å². The van der Waals surface area contributed by atoms with E-state index in [1.54, 1.807) is 13.0 Å². The molecule has 0 aromatic heterocycles. The maximum atomic E-state index is 11.8. The van der Waals surface area contributed by atoms with Crippen LogP contribution in [-0.4, -0.2) is 21.7 Å². The first-order chi connectivity index (χ1) is 15.6. The van der Waals surface area contributed by atoms with Crippen LogP contribution in [0.25, 0.3) is 0 Å². The largest absolute Gasteiger partial charge is 0.508 e. The minimum absolute atomic E-state index is 0.0648. The third-order valence-corrected chi connectivity index (χ3v) is 6.82. The standard InChI is InChI=1S/C27H29NO5/c1-6-18-12-21-24(19-7-8-23(29)14(2)9-19)22(20-10-15(3)26(30)16(4)11-20)13-33-27(21)17(5)25(18)28(31)32/h7-12,22,24,29-30H,6,13H2,1-5H3. The summed E-state index contributed by atoms with van der Waals surface area (Å²) in [5, 5.41) is 32.2. The number of phenols is 2. The fourth-order valence-corrected chi connectivity index (χ4v) is 5.09. The van der Waals surface area contributed by atoms with Crippen molar-refractivity contribution in [2.75, 3.05) is 6.61 Å². The SMILES string of the molecule is CCc1cc2c(c(C)c1[N+](=O)[O-])OCC(c1cc(C)c(O)c(C)c1)C2c1ccc(O)c(C)c1. The Kier molecular flexibility index (Phi) is 5.78. The molecule has 172 valence electrons. The summed E-state index contributed by atoms with van der Waals surface area (Å²) in [7, 11) is 0. The molecule has 33 heavy (non-hydrogen) atoms. The molecule has 2 atom stereocenters. The molecule has 6 heteroatoms. The second-order valence-corrected chi connectivity index (χ2v) is 8.98. The molecule has 0 aliphatic carbocycles. The van der Waals surface area contributed by atoms with Gasteiger partial charge in [-0.3, -0.25) is 10.1 Å². The molecular weight excluding hydrogens is 418 g/mol. The predicted octanol–water partition coefficient (Wildman–Crippen LogP) is 6.11. The molecule has 1 aliphatic heterocycles. The van der Waals surface area contributed by atoms with Gasteiger partial charge >= 0.3 is 0 Å². The minimum atomic E-state index is -0.323. The van der Waals surface area contributed by atoms with Crippen LogP contribution in [0.4, 0.5) is 5.69 Å². The lowest BCUT2D eigenvalue weighted by Crippen LogP contribution is -2.26. The van der Waals surface area contributed by atoms with E-state index in [2.05, 4.69) is 0 Å². The third-order valence-electron chi connectivity index (χ3n) is 6.82. The summed E-state index contributed by atoms with van der Waals surface area (Å²) >= 11 is 0. The number of ether oxygens (including phenoxy) is 1. The van der Waals surface area contributed by atoms with E-state index in [4.69, 9.17) is 4.74 Å². The zero-order chi connectivity index (χ0) is 24.0. The molecule has 2 N–H and O–H groups in total. The molecule has 4 rings (SSSR count). The number of nitrogens with zero attached hydrogens (tertiary/aromatic N) is 1. The Labute approximate surface area is 193 Å². The van der Waals surface area contributed by atoms with Crippen LogP contribution in [-0.2, 0) is 6.42 Å². The Morgan fingerprint density at radius 3 is 2.21 bits per heavy atom. The lowest BCUT2D eigenvalue weighted by Gasteiger charge is -2.36. The van der Waals surface area contributed by atoms with Crippen molar-refractivity contribution in [2.45, 2.75) is 52.9 Å². The van der Waals surface area contributed by atoms with Gasteiger partial charge < -0.3 is 14.9 Å². The average Bonchev–Trinajstić information content (AvgIpc) is 2.77. The van der Waals surface area contributed by atoms with Crippen molar-refractivity contribution in [3.63, 3.8) is 0 Å². The van der Waals surface area contributed by atoms with Crippen molar-refractivity contribution in [3.8, 4) is 17.2 Å². The maximum absolute atomic E-state index is 11.8. The zero-order valence-electron chi connectivity index (χ0n) is 19.6. The molecular formula is C27H29NO5. The van der Waals surface area contributed by atoms with Crippen molar-refractivity contribution < 1.29 is 19.9 Å². The molecule has 0 fully saturated rings. The first kappa shape index (κ1) is 22.6. The highest BCUT2D eigenvalue weighted by molar-refractivity contribution is 5.62. The Balaban J connectivity index is 1.99. The van der Waals surface area contributed by atoms with Crippen molar-refractivity contribution in [1.29, 1.82) is 0 Å². The number of nitro groups is 1. The highest BCUT2D eigenvalue weighted by Crippen LogP contribution is 2.50. The van der Waals surface area contributed by atoms with Crippen LogP contribution in [0.2, 0.25) is 0 Å². The molecule has 0 saturated carbocycles. The van der Waals surface area contributed by atoms with Gasteiger partial charge in [-0.25, -0.2) is 0 Å². The summed E-state index contributed by atoms with van der Waals surface area (Å²) in [4.78, 5) is 11.5. The zero-order valence-corrected chi connectivity index (χ0v) is 19.6. The smallest absolute Gasteiger partial charge is 0.279 e. The van der Waals surface area contributed by atoms with E-state index in [1.807, 2.05) is 58.0 Å². The summed E-state index contributed by atoms with van der Waals surface area (Å²) < 4.78 is 6.21.